The zero-order chi connectivity index (χ0) is 15.0. The van der Waals surface area contributed by atoms with Gasteiger partial charge in [-0.1, -0.05) is 19.1 Å². The minimum absolute atomic E-state index is 0.237. The van der Waals surface area contributed by atoms with Gasteiger partial charge in [0, 0.05) is 17.4 Å². The van der Waals surface area contributed by atoms with Crippen molar-refractivity contribution in [2.24, 2.45) is 0 Å². The van der Waals surface area contributed by atoms with E-state index in [0.717, 1.165) is 18.4 Å². The second kappa shape index (κ2) is 5.16. The molecule has 3 rings (SSSR count). The number of hydrogen-bond donors (Lipinski definition) is 1. The predicted octanol–water partition coefficient (Wildman–Crippen LogP) is 3.87. The van der Waals surface area contributed by atoms with E-state index in [4.69, 9.17) is 10.2 Å². The fourth-order valence-electron chi connectivity index (χ4n) is 2.30. The highest BCUT2D eigenvalue weighted by Crippen LogP contribution is 2.31. The maximum Gasteiger partial charge on any atom is 0.170 e. The molecule has 1 aromatic carbocycles. The molecule has 0 unspecified atom stereocenters. The van der Waals surface area contributed by atoms with E-state index in [1.54, 1.807) is 18.2 Å². The van der Waals surface area contributed by atoms with Crippen LogP contribution in [0, 0.1) is 12.7 Å². The molecule has 2 N–H and O–H groups in total. The lowest BCUT2D eigenvalue weighted by molar-refractivity contribution is 0.567. The first-order valence-corrected chi connectivity index (χ1v) is 6.91. The van der Waals surface area contributed by atoms with E-state index in [1.165, 1.54) is 6.07 Å². The summed E-state index contributed by atoms with van der Waals surface area (Å²) < 4.78 is 19.4. The molecule has 0 atom stereocenters. The van der Waals surface area contributed by atoms with Crippen LogP contribution >= 0.6 is 0 Å². The zero-order valence-corrected chi connectivity index (χ0v) is 12.0. The Labute approximate surface area is 121 Å². The van der Waals surface area contributed by atoms with Crippen molar-refractivity contribution < 1.29 is 8.81 Å². The second-order valence-corrected chi connectivity index (χ2v) is 5.02. The normalized spacial score (nSPS) is 11.2. The SMILES string of the molecule is CCCc1nc(N)c(C)c(-c2cc3cccc(F)c3o2)n1. The van der Waals surface area contributed by atoms with Crippen molar-refractivity contribution in [3.05, 3.63) is 41.5 Å². The number of aromatic nitrogens is 2. The van der Waals surface area contributed by atoms with Crippen LogP contribution in [0.3, 0.4) is 0 Å². The third kappa shape index (κ3) is 2.35. The Hall–Kier alpha value is -2.43. The van der Waals surface area contributed by atoms with Gasteiger partial charge in [-0.2, -0.15) is 0 Å². The molecule has 0 aliphatic heterocycles. The van der Waals surface area contributed by atoms with Gasteiger partial charge in [0.15, 0.2) is 17.2 Å². The van der Waals surface area contributed by atoms with Crippen LogP contribution < -0.4 is 5.73 Å². The number of nitrogens with zero attached hydrogens (tertiary/aromatic N) is 2. The summed E-state index contributed by atoms with van der Waals surface area (Å²) in [5, 5.41) is 0.707. The quantitative estimate of drug-likeness (QED) is 0.793. The summed E-state index contributed by atoms with van der Waals surface area (Å²) in [7, 11) is 0. The van der Waals surface area contributed by atoms with Crippen molar-refractivity contribution in [3.63, 3.8) is 0 Å². The van der Waals surface area contributed by atoms with E-state index in [0.29, 0.717) is 28.5 Å². The van der Waals surface area contributed by atoms with Gasteiger partial charge in [0.1, 0.15) is 17.3 Å². The third-order valence-electron chi connectivity index (χ3n) is 3.43. The molecule has 108 valence electrons. The number of anilines is 1. The van der Waals surface area contributed by atoms with Crippen molar-refractivity contribution in [3.8, 4) is 11.5 Å². The standard InChI is InChI=1S/C16H16FN3O/c1-3-5-13-19-14(9(2)16(18)20-13)12-8-10-6-4-7-11(17)15(10)21-12/h4,6-8H,3,5H2,1-2H3,(H2,18,19,20). The molecule has 5 heteroatoms. The second-order valence-electron chi connectivity index (χ2n) is 5.02. The number of nitrogens with two attached hydrogens (primary N) is 1. The molecule has 0 amide bonds. The molecule has 0 bridgehead atoms. The molecule has 0 saturated heterocycles. The Morgan fingerprint density at radius 2 is 2.10 bits per heavy atom. The van der Waals surface area contributed by atoms with Crippen LogP contribution in [0.1, 0.15) is 24.7 Å². The number of fused-ring (bicyclic) bond motifs is 1. The average Bonchev–Trinajstić information content (AvgIpc) is 2.88. The number of halogens is 1. The minimum Gasteiger partial charge on any atom is -0.451 e. The molecular formula is C16H16FN3O. The highest BCUT2D eigenvalue weighted by atomic mass is 19.1. The molecule has 0 spiro atoms. The van der Waals surface area contributed by atoms with Crippen LogP contribution in [0.2, 0.25) is 0 Å². The molecular weight excluding hydrogens is 269 g/mol. The number of rotatable bonds is 3. The maximum atomic E-state index is 13.7. The van der Waals surface area contributed by atoms with Gasteiger partial charge in [-0.3, -0.25) is 0 Å². The Morgan fingerprint density at radius 3 is 2.81 bits per heavy atom. The van der Waals surface area contributed by atoms with Gasteiger partial charge in [0.2, 0.25) is 0 Å². The van der Waals surface area contributed by atoms with E-state index >= 15 is 0 Å². The predicted molar refractivity (Wildman–Crippen MR) is 80.3 cm³/mol. The lowest BCUT2D eigenvalue weighted by Gasteiger charge is -2.07. The fourth-order valence-corrected chi connectivity index (χ4v) is 2.30. The van der Waals surface area contributed by atoms with Crippen molar-refractivity contribution in [2.75, 3.05) is 5.73 Å². The largest absolute Gasteiger partial charge is 0.451 e. The van der Waals surface area contributed by atoms with Crippen LogP contribution in [-0.2, 0) is 6.42 Å². The summed E-state index contributed by atoms with van der Waals surface area (Å²) in [5.74, 6) is 1.24. The Morgan fingerprint density at radius 1 is 1.29 bits per heavy atom. The lowest BCUT2D eigenvalue weighted by atomic mass is 10.1. The molecule has 0 aliphatic rings. The van der Waals surface area contributed by atoms with Gasteiger partial charge in [-0.15, -0.1) is 0 Å². The molecule has 0 saturated carbocycles. The molecule has 4 nitrogen and oxygen atoms in total. The highest BCUT2D eigenvalue weighted by molar-refractivity contribution is 5.83. The number of hydrogen-bond acceptors (Lipinski definition) is 4. The molecule has 2 aromatic heterocycles. The Bertz CT molecular complexity index is 811. The van der Waals surface area contributed by atoms with E-state index in [2.05, 4.69) is 16.9 Å². The van der Waals surface area contributed by atoms with E-state index < -0.39 is 0 Å². The number of para-hydroxylation sites is 1. The zero-order valence-electron chi connectivity index (χ0n) is 12.0. The van der Waals surface area contributed by atoms with Gasteiger partial charge in [-0.05, 0) is 25.5 Å². The van der Waals surface area contributed by atoms with Crippen molar-refractivity contribution >= 4 is 16.8 Å². The van der Waals surface area contributed by atoms with Crippen LogP contribution in [0.4, 0.5) is 10.2 Å². The average molecular weight is 285 g/mol. The number of aryl methyl sites for hydroxylation is 1. The molecule has 0 aliphatic carbocycles. The summed E-state index contributed by atoms with van der Waals surface area (Å²) in [6.45, 7) is 3.89. The third-order valence-corrected chi connectivity index (χ3v) is 3.43. The summed E-state index contributed by atoms with van der Waals surface area (Å²) in [4.78, 5) is 8.78. The summed E-state index contributed by atoms with van der Waals surface area (Å²) >= 11 is 0. The van der Waals surface area contributed by atoms with Gasteiger partial charge in [-0.25, -0.2) is 14.4 Å². The number of furan rings is 1. The van der Waals surface area contributed by atoms with E-state index in [9.17, 15) is 4.39 Å². The van der Waals surface area contributed by atoms with Crippen LogP contribution in [-0.4, -0.2) is 9.97 Å². The van der Waals surface area contributed by atoms with Gasteiger partial charge in [0.25, 0.3) is 0 Å². The van der Waals surface area contributed by atoms with E-state index in [-0.39, 0.29) is 11.4 Å². The summed E-state index contributed by atoms with van der Waals surface area (Å²) in [5.41, 5.74) is 7.55. The first-order chi connectivity index (χ1) is 10.1. The van der Waals surface area contributed by atoms with Gasteiger partial charge in [0.05, 0.1) is 0 Å². The molecule has 3 aromatic rings. The Balaban J connectivity index is 2.19. The van der Waals surface area contributed by atoms with Gasteiger partial charge >= 0.3 is 0 Å². The first kappa shape index (κ1) is 13.5. The molecule has 0 radical (unpaired) electrons. The first-order valence-electron chi connectivity index (χ1n) is 6.91. The molecule has 21 heavy (non-hydrogen) atoms. The number of nitrogen functional groups attached to an aromatic ring is 1. The fraction of sp³-hybridized carbons (Fsp3) is 0.250. The van der Waals surface area contributed by atoms with Crippen LogP contribution in [0.25, 0.3) is 22.4 Å². The van der Waals surface area contributed by atoms with Crippen molar-refractivity contribution in [1.82, 2.24) is 9.97 Å². The van der Waals surface area contributed by atoms with Crippen molar-refractivity contribution in [1.29, 1.82) is 0 Å². The Kier molecular flexibility index (Phi) is 3.33. The topological polar surface area (TPSA) is 64.9 Å². The number of benzene rings is 1. The maximum absolute atomic E-state index is 13.7. The summed E-state index contributed by atoms with van der Waals surface area (Å²) in [6.07, 6.45) is 1.67. The van der Waals surface area contributed by atoms with Gasteiger partial charge < -0.3 is 10.2 Å². The van der Waals surface area contributed by atoms with Crippen LogP contribution in [0.15, 0.2) is 28.7 Å². The smallest absolute Gasteiger partial charge is 0.170 e. The highest BCUT2D eigenvalue weighted by Gasteiger charge is 2.16. The lowest BCUT2D eigenvalue weighted by Crippen LogP contribution is -2.04. The van der Waals surface area contributed by atoms with Crippen molar-refractivity contribution in [2.45, 2.75) is 26.7 Å². The summed E-state index contributed by atoms with van der Waals surface area (Å²) in [6, 6.07) is 6.61. The molecule has 2 heterocycles. The van der Waals surface area contributed by atoms with Crippen LogP contribution in [0.5, 0.6) is 0 Å². The van der Waals surface area contributed by atoms with E-state index in [1.807, 2.05) is 6.92 Å². The molecule has 0 fully saturated rings. The monoisotopic (exact) mass is 285 g/mol. The minimum atomic E-state index is -0.382.